The smallest absolute Gasteiger partial charge is 0.251 e. The van der Waals surface area contributed by atoms with Crippen molar-refractivity contribution < 1.29 is 14.4 Å². The highest BCUT2D eigenvalue weighted by atomic mass is 35.5. The van der Waals surface area contributed by atoms with Gasteiger partial charge in [-0.3, -0.25) is 14.4 Å². The first-order valence-electron chi connectivity index (χ1n) is 9.16. The average molecular weight is 400 g/mol. The Kier molecular flexibility index (Phi) is 6.66. The van der Waals surface area contributed by atoms with Crippen LogP contribution in [0.15, 0.2) is 54.6 Å². The molecule has 3 amide bonds. The molecule has 3 rings (SSSR count). The van der Waals surface area contributed by atoms with Crippen LogP contribution in [0.4, 0.5) is 0 Å². The largest absolute Gasteiger partial charge is 0.352 e. The van der Waals surface area contributed by atoms with Crippen molar-refractivity contribution in [3.05, 3.63) is 70.7 Å². The van der Waals surface area contributed by atoms with E-state index in [0.29, 0.717) is 36.8 Å². The van der Waals surface area contributed by atoms with Crippen LogP contribution in [0.3, 0.4) is 0 Å². The fraction of sp³-hybridized carbons (Fsp3) is 0.286. The van der Waals surface area contributed by atoms with E-state index in [9.17, 15) is 14.4 Å². The lowest BCUT2D eigenvalue weighted by Gasteiger charge is -2.18. The third-order valence-electron chi connectivity index (χ3n) is 4.55. The van der Waals surface area contributed by atoms with Crippen LogP contribution in [0, 0.1) is 0 Å². The standard InChI is InChI=1S/C21H22ClN3O3/c22-18-10-8-17(9-11-18)21(28)23-12-4-7-19(26)25-14-20(27)24(15-25)13-16-5-2-1-3-6-16/h1-3,5-6,8-11H,4,7,12-15H2,(H,23,28). The van der Waals surface area contributed by atoms with Crippen molar-refractivity contribution in [1.29, 1.82) is 0 Å². The molecule has 1 aliphatic heterocycles. The molecule has 0 aromatic heterocycles. The lowest BCUT2D eigenvalue weighted by Crippen LogP contribution is -2.32. The predicted octanol–water partition coefficient (Wildman–Crippen LogP) is 2.68. The number of benzene rings is 2. The van der Waals surface area contributed by atoms with Crippen molar-refractivity contribution >= 4 is 29.3 Å². The molecule has 28 heavy (non-hydrogen) atoms. The first-order valence-corrected chi connectivity index (χ1v) is 9.54. The summed E-state index contributed by atoms with van der Waals surface area (Å²) in [6.45, 7) is 1.32. The van der Waals surface area contributed by atoms with Crippen LogP contribution in [0.2, 0.25) is 5.02 Å². The Bertz CT molecular complexity index is 840. The zero-order valence-corrected chi connectivity index (χ0v) is 16.2. The number of carbonyl (C=O) groups excluding carboxylic acids is 3. The molecule has 1 aliphatic rings. The van der Waals surface area contributed by atoms with Crippen LogP contribution in [0.1, 0.15) is 28.8 Å². The van der Waals surface area contributed by atoms with Crippen LogP contribution in [-0.4, -0.2) is 47.3 Å². The highest BCUT2D eigenvalue weighted by Crippen LogP contribution is 2.13. The van der Waals surface area contributed by atoms with Crippen molar-refractivity contribution in [3.8, 4) is 0 Å². The van der Waals surface area contributed by atoms with Gasteiger partial charge in [-0.15, -0.1) is 0 Å². The maximum atomic E-state index is 12.4. The summed E-state index contributed by atoms with van der Waals surface area (Å²) in [5.41, 5.74) is 1.56. The summed E-state index contributed by atoms with van der Waals surface area (Å²) in [6.07, 6.45) is 0.800. The number of nitrogens with zero attached hydrogens (tertiary/aromatic N) is 2. The second-order valence-corrected chi connectivity index (χ2v) is 7.11. The number of carbonyl (C=O) groups is 3. The quantitative estimate of drug-likeness (QED) is 0.728. The Morgan fingerprint density at radius 3 is 2.46 bits per heavy atom. The molecule has 0 spiro atoms. The Morgan fingerprint density at radius 2 is 1.75 bits per heavy atom. The topological polar surface area (TPSA) is 69.7 Å². The van der Waals surface area contributed by atoms with Gasteiger partial charge in [0.05, 0.1) is 6.67 Å². The molecule has 0 atom stereocenters. The SMILES string of the molecule is O=C(NCCCC(=O)N1CC(=O)N(Cc2ccccc2)C1)c1ccc(Cl)cc1. The second kappa shape index (κ2) is 9.37. The molecule has 0 bridgehead atoms. The van der Waals surface area contributed by atoms with E-state index >= 15 is 0 Å². The molecule has 0 unspecified atom stereocenters. The van der Waals surface area contributed by atoms with E-state index in [-0.39, 0.29) is 30.7 Å². The van der Waals surface area contributed by atoms with Gasteiger partial charge in [0.1, 0.15) is 6.54 Å². The monoisotopic (exact) mass is 399 g/mol. The molecule has 146 valence electrons. The molecule has 1 N–H and O–H groups in total. The fourth-order valence-corrected chi connectivity index (χ4v) is 3.14. The zero-order chi connectivity index (χ0) is 19.9. The average Bonchev–Trinajstić information content (AvgIpc) is 3.07. The summed E-state index contributed by atoms with van der Waals surface area (Å²) >= 11 is 5.80. The molecule has 7 heteroatoms. The molecule has 2 aromatic rings. The van der Waals surface area contributed by atoms with Crippen molar-refractivity contribution in [2.75, 3.05) is 19.8 Å². The van der Waals surface area contributed by atoms with E-state index < -0.39 is 0 Å². The van der Waals surface area contributed by atoms with Crippen molar-refractivity contribution in [1.82, 2.24) is 15.1 Å². The summed E-state index contributed by atoms with van der Waals surface area (Å²) in [7, 11) is 0. The van der Waals surface area contributed by atoms with Crippen molar-refractivity contribution in [3.63, 3.8) is 0 Å². The van der Waals surface area contributed by atoms with Crippen LogP contribution < -0.4 is 5.32 Å². The van der Waals surface area contributed by atoms with Crippen molar-refractivity contribution in [2.45, 2.75) is 19.4 Å². The van der Waals surface area contributed by atoms with E-state index in [1.54, 1.807) is 34.1 Å². The Morgan fingerprint density at radius 1 is 1.04 bits per heavy atom. The number of nitrogens with one attached hydrogen (secondary N) is 1. The third-order valence-corrected chi connectivity index (χ3v) is 4.80. The van der Waals surface area contributed by atoms with Gasteiger partial charge >= 0.3 is 0 Å². The highest BCUT2D eigenvalue weighted by molar-refractivity contribution is 6.30. The predicted molar refractivity (Wildman–Crippen MR) is 107 cm³/mol. The minimum Gasteiger partial charge on any atom is -0.352 e. The van der Waals surface area contributed by atoms with E-state index in [1.807, 2.05) is 30.3 Å². The first kappa shape index (κ1) is 19.9. The summed E-state index contributed by atoms with van der Waals surface area (Å²) in [4.78, 5) is 39.8. The third kappa shape index (κ3) is 5.33. The van der Waals surface area contributed by atoms with Gasteiger partial charge in [0.15, 0.2) is 0 Å². The van der Waals surface area contributed by atoms with Crippen LogP contribution >= 0.6 is 11.6 Å². The molecule has 2 aromatic carbocycles. The van der Waals surface area contributed by atoms with Crippen LogP contribution in [-0.2, 0) is 16.1 Å². The molecular formula is C21H22ClN3O3. The first-order chi connectivity index (χ1) is 13.5. The molecule has 6 nitrogen and oxygen atoms in total. The number of hydrogen-bond donors (Lipinski definition) is 1. The van der Waals surface area contributed by atoms with E-state index in [4.69, 9.17) is 11.6 Å². The van der Waals surface area contributed by atoms with Gasteiger partial charge in [0, 0.05) is 30.1 Å². The lowest BCUT2D eigenvalue weighted by molar-refractivity contribution is -0.131. The van der Waals surface area contributed by atoms with Gasteiger partial charge < -0.3 is 15.1 Å². The summed E-state index contributed by atoms with van der Waals surface area (Å²) < 4.78 is 0. The molecule has 1 heterocycles. The Labute approximate surface area is 169 Å². The van der Waals surface area contributed by atoms with E-state index in [0.717, 1.165) is 5.56 Å². The van der Waals surface area contributed by atoms with Crippen molar-refractivity contribution in [2.24, 2.45) is 0 Å². The summed E-state index contributed by atoms with van der Waals surface area (Å²) in [5.74, 6) is -0.326. The minimum atomic E-state index is -0.200. The number of amides is 3. The number of hydrogen-bond acceptors (Lipinski definition) is 3. The lowest BCUT2D eigenvalue weighted by atomic mass is 10.2. The molecule has 1 saturated heterocycles. The van der Waals surface area contributed by atoms with Gasteiger partial charge in [-0.25, -0.2) is 0 Å². The van der Waals surface area contributed by atoms with Gasteiger partial charge in [0.2, 0.25) is 11.8 Å². The van der Waals surface area contributed by atoms with E-state index in [1.165, 1.54) is 0 Å². The van der Waals surface area contributed by atoms with Crippen LogP contribution in [0.25, 0.3) is 0 Å². The van der Waals surface area contributed by atoms with Gasteiger partial charge in [-0.05, 0) is 36.2 Å². The summed E-state index contributed by atoms with van der Waals surface area (Å²) in [5, 5.41) is 3.36. The number of rotatable bonds is 7. The molecule has 1 fully saturated rings. The van der Waals surface area contributed by atoms with Crippen LogP contribution in [0.5, 0.6) is 0 Å². The Balaban J connectivity index is 1.39. The second-order valence-electron chi connectivity index (χ2n) is 6.68. The maximum absolute atomic E-state index is 12.4. The molecule has 0 saturated carbocycles. The Hall–Kier alpha value is -2.86. The molecule has 0 radical (unpaired) electrons. The molecular weight excluding hydrogens is 378 g/mol. The van der Waals surface area contributed by atoms with Gasteiger partial charge in [-0.1, -0.05) is 41.9 Å². The van der Waals surface area contributed by atoms with Gasteiger partial charge in [0.25, 0.3) is 5.91 Å². The fourth-order valence-electron chi connectivity index (χ4n) is 3.01. The summed E-state index contributed by atoms with van der Waals surface area (Å²) in [6, 6.07) is 16.3. The molecule has 0 aliphatic carbocycles. The maximum Gasteiger partial charge on any atom is 0.251 e. The number of halogens is 1. The zero-order valence-electron chi connectivity index (χ0n) is 15.4. The normalized spacial score (nSPS) is 13.7. The van der Waals surface area contributed by atoms with E-state index in [2.05, 4.69) is 5.32 Å². The minimum absolute atomic E-state index is 0.0479. The highest BCUT2D eigenvalue weighted by Gasteiger charge is 2.30. The van der Waals surface area contributed by atoms with Gasteiger partial charge in [-0.2, -0.15) is 0 Å².